The topological polar surface area (TPSA) is 97.6 Å². The first-order valence-electron chi connectivity index (χ1n) is 7.09. The number of carbonyl (C=O) groups excluding carboxylic acids is 2. The molecule has 1 atom stereocenters. The Bertz CT molecular complexity index is 722. The van der Waals surface area contributed by atoms with Crippen LogP contribution in [0, 0.1) is 0 Å². The summed E-state index contributed by atoms with van der Waals surface area (Å²) in [5.74, 6) is 0.727. The number of pyridine rings is 1. The van der Waals surface area contributed by atoms with Crippen LogP contribution in [0.1, 0.15) is 31.5 Å². The lowest BCUT2D eigenvalue weighted by atomic mass is 10.3. The minimum absolute atomic E-state index is 0.431. The van der Waals surface area contributed by atoms with E-state index in [4.69, 9.17) is 0 Å². The van der Waals surface area contributed by atoms with Crippen LogP contribution in [0.2, 0.25) is 0 Å². The molecule has 8 heteroatoms. The second kappa shape index (κ2) is 5.63. The van der Waals surface area contributed by atoms with Gasteiger partial charge < -0.3 is 15.4 Å². The molecular weight excluding hydrogens is 286 g/mol. The Morgan fingerprint density at radius 1 is 1.45 bits per heavy atom. The number of hydrogen-bond acceptors (Lipinski definition) is 5. The van der Waals surface area contributed by atoms with E-state index in [1.54, 1.807) is 29.8 Å². The molecule has 116 valence electrons. The van der Waals surface area contributed by atoms with Gasteiger partial charge in [0.15, 0.2) is 11.5 Å². The van der Waals surface area contributed by atoms with E-state index >= 15 is 0 Å². The summed E-state index contributed by atoms with van der Waals surface area (Å²) in [6.45, 7) is 1.55. The van der Waals surface area contributed by atoms with E-state index in [1.807, 2.05) is 0 Å². The Morgan fingerprint density at radius 2 is 2.23 bits per heavy atom. The van der Waals surface area contributed by atoms with Gasteiger partial charge in [0.2, 0.25) is 0 Å². The molecule has 0 bridgehead atoms. The van der Waals surface area contributed by atoms with Crippen LogP contribution in [-0.4, -0.2) is 39.8 Å². The third-order valence-electron chi connectivity index (χ3n) is 3.47. The van der Waals surface area contributed by atoms with Crippen LogP contribution in [0.5, 0.6) is 0 Å². The smallest absolute Gasteiger partial charge is 0.328 e. The zero-order valence-electron chi connectivity index (χ0n) is 12.4. The van der Waals surface area contributed by atoms with Gasteiger partial charge >= 0.3 is 12.0 Å². The molecule has 1 fully saturated rings. The Labute approximate surface area is 126 Å². The summed E-state index contributed by atoms with van der Waals surface area (Å²) in [4.78, 5) is 27.7. The maximum atomic E-state index is 12.0. The number of nitrogens with one attached hydrogen (secondary N) is 2. The number of methoxy groups -OCH3 is 1. The van der Waals surface area contributed by atoms with Gasteiger partial charge in [-0.3, -0.25) is 0 Å². The number of amides is 2. The second-order valence-electron chi connectivity index (χ2n) is 5.28. The van der Waals surface area contributed by atoms with Crippen molar-refractivity contribution in [3.8, 4) is 0 Å². The van der Waals surface area contributed by atoms with Crippen molar-refractivity contribution < 1.29 is 14.3 Å². The lowest BCUT2D eigenvalue weighted by Crippen LogP contribution is -2.41. The normalized spacial score (nSPS) is 15.4. The predicted octanol–water partition coefficient (Wildman–Crippen LogP) is 1.29. The molecule has 2 amide bonds. The van der Waals surface area contributed by atoms with Gasteiger partial charge in [0, 0.05) is 12.1 Å². The lowest BCUT2D eigenvalue weighted by molar-refractivity contribution is -0.142. The molecule has 1 aliphatic carbocycles. The Balaban J connectivity index is 1.75. The molecule has 8 nitrogen and oxygen atoms in total. The summed E-state index contributed by atoms with van der Waals surface area (Å²) in [6, 6.07) is 2.28. The molecule has 0 radical (unpaired) electrons. The number of anilines is 1. The van der Waals surface area contributed by atoms with Crippen LogP contribution in [0.15, 0.2) is 18.3 Å². The maximum absolute atomic E-state index is 12.0. The van der Waals surface area contributed by atoms with E-state index in [-0.39, 0.29) is 0 Å². The summed E-state index contributed by atoms with van der Waals surface area (Å²) in [7, 11) is 1.27. The highest BCUT2D eigenvalue weighted by Crippen LogP contribution is 2.38. The van der Waals surface area contributed by atoms with Gasteiger partial charge in [-0.15, -0.1) is 0 Å². The lowest BCUT2D eigenvalue weighted by Gasteiger charge is -2.12. The maximum Gasteiger partial charge on any atom is 0.328 e. The van der Waals surface area contributed by atoms with Crippen molar-refractivity contribution in [2.75, 3.05) is 12.4 Å². The highest BCUT2D eigenvalue weighted by molar-refractivity contribution is 5.95. The molecule has 0 aliphatic heterocycles. The molecule has 0 spiro atoms. The Morgan fingerprint density at radius 3 is 2.91 bits per heavy atom. The fourth-order valence-corrected chi connectivity index (χ4v) is 2.13. The molecule has 2 aromatic rings. The largest absolute Gasteiger partial charge is 0.467 e. The number of fused-ring (bicyclic) bond motifs is 1. The Hall–Kier alpha value is -2.64. The number of ether oxygens (including phenoxy) is 1. The van der Waals surface area contributed by atoms with Gasteiger partial charge in [-0.25, -0.2) is 19.1 Å². The van der Waals surface area contributed by atoms with Gasteiger partial charge in [0.05, 0.1) is 12.8 Å². The van der Waals surface area contributed by atoms with Crippen LogP contribution in [0.3, 0.4) is 0 Å². The number of esters is 1. The molecule has 22 heavy (non-hydrogen) atoms. The van der Waals surface area contributed by atoms with E-state index < -0.39 is 18.0 Å². The molecule has 2 aromatic heterocycles. The van der Waals surface area contributed by atoms with Crippen LogP contribution in [0.25, 0.3) is 5.65 Å². The third-order valence-corrected chi connectivity index (χ3v) is 3.47. The first-order valence-corrected chi connectivity index (χ1v) is 7.09. The summed E-state index contributed by atoms with van der Waals surface area (Å²) >= 11 is 0. The number of hydrogen-bond donors (Lipinski definition) is 2. The van der Waals surface area contributed by atoms with Crippen LogP contribution in [-0.2, 0) is 9.53 Å². The van der Waals surface area contributed by atoms with Crippen LogP contribution >= 0.6 is 0 Å². The van der Waals surface area contributed by atoms with Gasteiger partial charge in [-0.2, -0.15) is 5.10 Å². The minimum Gasteiger partial charge on any atom is -0.467 e. The van der Waals surface area contributed by atoms with Crippen molar-refractivity contribution in [1.82, 2.24) is 19.9 Å². The highest BCUT2D eigenvalue weighted by atomic mass is 16.5. The molecule has 1 saturated carbocycles. The average molecular weight is 303 g/mol. The number of aromatic nitrogens is 3. The van der Waals surface area contributed by atoms with E-state index in [1.165, 1.54) is 7.11 Å². The molecule has 3 rings (SSSR count). The van der Waals surface area contributed by atoms with Gasteiger partial charge in [0.1, 0.15) is 6.04 Å². The number of urea groups is 1. The molecule has 2 heterocycles. The fraction of sp³-hybridized carbons (Fsp3) is 0.429. The van der Waals surface area contributed by atoms with E-state index in [9.17, 15) is 9.59 Å². The predicted molar refractivity (Wildman–Crippen MR) is 78.6 cm³/mol. The average Bonchev–Trinajstić information content (AvgIpc) is 3.25. The summed E-state index contributed by atoms with van der Waals surface area (Å²) < 4.78 is 6.21. The molecule has 0 saturated heterocycles. The monoisotopic (exact) mass is 303 g/mol. The highest BCUT2D eigenvalue weighted by Gasteiger charge is 2.28. The van der Waals surface area contributed by atoms with Crippen LogP contribution < -0.4 is 10.6 Å². The van der Waals surface area contributed by atoms with E-state index in [0.717, 1.165) is 18.7 Å². The van der Waals surface area contributed by atoms with Gasteiger partial charge in [-0.1, -0.05) is 0 Å². The SMILES string of the molecule is COC(=O)[C@@H](C)NC(=O)Nc1cccn2nc(C3CC3)nc12. The number of nitrogens with zero attached hydrogens (tertiary/aromatic N) is 3. The van der Waals surface area contributed by atoms with Crippen molar-refractivity contribution in [3.63, 3.8) is 0 Å². The fourth-order valence-electron chi connectivity index (χ4n) is 2.13. The van der Waals surface area contributed by atoms with Crippen molar-refractivity contribution in [3.05, 3.63) is 24.2 Å². The summed E-state index contributed by atoms with van der Waals surface area (Å²) in [5, 5.41) is 9.59. The molecule has 0 unspecified atom stereocenters. The summed E-state index contributed by atoms with van der Waals surface area (Å²) in [6.07, 6.45) is 4.00. The van der Waals surface area contributed by atoms with Gasteiger partial charge in [-0.05, 0) is 31.9 Å². The van der Waals surface area contributed by atoms with Crippen molar-refractivity contribution in [1.29, 1.82) is 0 Å². The third kappa shape index (κ3) is 2.85. The zero-order chi connectivity index (χ0) is 15.7. The minimum atomic E-state index is -0.732. The molecule has 0 aromatic carbocycles. The molecule has 2 N–H and O–H groups in total. The quantitative estimate of drug-likeness (QED) is 0.829. The number of carbonyl (C=O) groups is 2. The van der Waals surface area contributed by atoms with Crippen molar-refractivity contribution >= 4 is 23.3 Å². The summed E-state index contributed by atoms with van der Waals surface area (Å²) in [5.41, 5.74) is 1.13. The molecular formula is C14H17N5O3. The second-order valence-corrected chi connectivity index (χ2v) is 5.28. The molecule has 1 aliphatic rings. The Kier molecular flexibility index (Phi) is 3.66. The number of rotatable bonds is 4. The first-order chi connectivity index (χ1) is 10.6. The zero-order valence-corrected chi connectivity index (χ0v) is 12.4. The van der Waals surface area contributed by atoms with Crippen molar-refractivity contribution in [2.24, 2.45) is 0 Å². The standard InChI is InChI=1S/C14H17N5O3/c1-8(13(20)22-2)15-14(21)16-10-4-3-7-19-12(10)17-11(18-19)9-5-6-9/h3-4,7-9H,5-6H2,1-2H3,(H2,15,16,21)/t8-/m1/s1. The van der Waals surface area contributed by atoms with Crippen molar-refractivity contribution in [2.45, 2.75) is 31.7 Å². The van der Waals surface area contributed by atoms with E-state index in [0.29, 0.717) is 17.3 Å². The van der Waals surface area contributed by atoms with Crippen LogP contribution in [0.4, 0.5) is 10.5 Å². The first kappa shape index (κ1) is 14.3. The van der Waals surface area contributed by atoms with E-state index in [2.05, 4.69) is 25.5 Å². The van der Waals surface area contributed by atoms with Gasteiger partial charge in [0.25, 0.3) is 0 Å².